The van der Waals surface area contributed by atoms with Gasteiger partial charge in [-0.2, -0.15) is 0 Å². The van der Waals surface area contributed by atoms with Crippen LogP contribution in [0.15, 0.2) is 0 Å². The summed E-state index contributed by atoms with van der Waals surface area (Å²) in [7, 11) is 0. The van der Waals surface area contributed by atoms with Crippen LogP contribution >= 0.6 is 0 Å². The van der Waals surface area contributed by atoms with Crippen molar-refractivity contribution in [2.75, 3.05) is 0 Å². The van der Waals surface area contributed by atoms with Gasteiger partial charge in [-0.05, 0) is 0 Å². The molecule has 0 unspecified atom stereocenters. The first-order chi connectivity index (χ1) is 0. The van der Waals surface area contributed by atoms with Gasteiger partial charge in [-0.15, -0.1) is 0 Å². The zero-order valence-electron chi connectivity index (χ0n) is 1.41. The van der Waals surface area contributed by atoms with Gasteiger partial charge in [0, 0.05) is 0 Å². The third kappa shape index (κ3) is 25.2. The van der Waals surface area contributed by atoms with Crippen molar-refractivity contribution in [2.45, 2.75) is 0 Å². The van der Waals surface area contributed by atoms with E-state index >= 15 is 0 Å². The summed E-state index contributed by atoms with van der Waals surface area (Å²) in [5.41, 5.74) is 0. The van der Waals surface area contributed by atoms with Gasteiger partial charge in [0.1, 0.15) is 0 Å². The third-order valence-electron chi connectivity index (χ3n) is 0. The topological polar surface area (TPSA) is 0 Å². The van der Waals surface area contributed by atoms with Crippen molar-refractivity contribution in [2.24, 2.45) is 0 Å². The molecule has 0 saturated heterocycles. The van der Waals surface area contributed by atoms with Crippen molar-refractivity contribution in [3.8, 4) is 0 Å². The Kier molecular flexibility index (Phi) is 336. The molecule has 6 heteroatoms. The molecule has 0 saturated carbocycles. The van der Waals surface area contributed by atoms with Crippen molar-refractivity contribution < 1.29 is 0 Å². The van der Waals surface area contributed by atoms with Crippen LogP contribution < -0.4 is 0 Å². The van der Waals surface area contributed by atoms with Crippen LogP contribution in [0.1, 0.15) is 0 Å². The second-order valence-corrected chi connectivity index (χ2v) is 0. The summed E-state index contributed by atoms with van der Waals surface area (Å²) in [5, 5.41) is 0. The second kappa shape index (κ2) is 37.7. The summed E-state index contributed by atoms with van der Waals surface area (Å²) in [5.74, 6) is 0. The molecule has 0 fully saturated rings. The molecule has 0 heterocycles. The fourth-order valence-corrected chi connectivity index (χ4v) is 0. The monoisotopic (exact) mass is 364 g/mol. The van der Waals surface area contributed by atoms with Gasteiger partial charge in [0.25, 0.3) is 0 Å². The molecular formula is H20Ge4Mg2. The molecule has 6 heavy (non-hydrogen) atoms. The number of hydrogen-bond acceptors (Lipinski definition) is 0. The van der Waals surface area contributed by atoms with Crippen LogP contribution in [0.2, 0.25) is 0 Å². The van der Waals surface area contributed by atoms with Crippen LogP contribution in [0.4, 0.5) is 0 Å². The fourth-order valence-electron chi connectivity index (χ4n) is 0. The van der Waals surface area contributed by atoms with Crippen LogP contribution in [0.25, 0.3) is 0 Å². The van der Waals surface area contributed by atoms with Crippen molar-refractivity contribution in [3.05, 3.63) is 0 Å². The van der Waals surface area contributed by atoms with E-state index in [1.807, 2.05) is 0 Å². The Morgan fingerprint density at radius 3 is 0.333 bits per heavy atom. The van der Waals surface area contributed by atoms with Crippen LogP contribution in [0.3, 0.4) is 0 Å². The molecule has 0 atom stereocenters. The Labute approximate surface area is 114 Å². The molecule has 0 aromatic carbocycles. The van der Waals surface area contributed by atoms with E-state index in [1.165, 1.54) is 0 Å². The average molecular weight is 359 g/mol. The van der Waals surface area contributed by atoms with Crippen molar-refractivity contribution in [1.29, 1.82) is 0 Å². The van der Waals surface area contributed by atoms with Gasteiger partial charge in [-0.3, -0.25) is 0 Å². The van der Waals surface area contributed by atoms with Gasteiger partial charge in [0.2, 0.25) is 0 Å². The fraction of sp³-hybridized carbons (Fsp3) is 0. The average Bonchev–Trinajstić information content (AvgIpc) is 0. The SMILES string of the molecule is [GeH5-].[GeH5-].[GeH5-].[GeH5-].[Mg+2].[Mg+2]. The third-order valence-corrected chi connectivity index (χ3v) is 0. The van der Waals surface area contributed by atoms with E-state index in [9.17, 15) is 0 Å². The first kappa shape index (κ1) is 53.6. The molecule has 0 aliphatic rings. The second-order valence-electron chi connectivity index (χ2n) is 0. The molecule has 0 bridgehead atoms. The molecule has 0 aliphatic carbocycles. The van der Waals surface area contributed by atoms with E-state index in [4.69, 9.17) is 0 Å². The predicted molar refractivity (Wildman–Crippen MR) is 62.4 cm³/mol. The van der Waals surface area contributed by atoms with E-state index < -0.39 is 0 Å². The summed E-state index contributed by atoms with van der Waals surface area (Å²) < 4.78 is 0. The maximum Gasteiger partial charge on any atom is 2.00 e. The molecule has 0 nitrogen and oxygen atoms in total. The predicted octanol–water partition coefficient (Wildman–Crippen LogP) is -7.64. The molecule has 0 aliphatic heterocycles. The molecule has 0 radical (unpaired) electrons. The van der Waals surface area contributed by atoms with Crippen LogP contribution in [0.5, 0.6) is 0 Å². The Morgan fingerprint density at radius 1 is 0.333 bits per heavy atom. The first-order valence-corrected chi connectivity index (χ1v) is 0. The molecule has 0 aromatic heterocycles. The van der Waals surface area contributed by atoms with E-state index in [1.54, 1.807) is 0 Å². The normalized spacial score (nSPS) is 0. The molecule has 0 rings (SSSR count). The summed E-state index contributed by atoms with van der Waals surface area (Å²) in [4.78, 5) is 0. The minimum absolute atomic E-state index is 0. The maximum absolute atomic E-state index is 0. The van der Waals surface area contributed by atoms with Gasteiger partial charge in [-0.1, -0.05) is 0 Å². The summed E-state index contributed by atoms with van der Waals surface area (Å²) in [6.45, 7) is 0. The van der Waals surface area contributed by atoms with Crippen LogP contribution in [0, 0.1) is 0 Å². The maximum atomic E-state index is 0. The molecule has 0 N–H and O–H groups in total. The molecule has 0 aromatic rings. The number of hydrogen-bond donors (Lipinski definition) is 0. The van der Waals surface area contributed by atoms with Crippen molar-refractivity contribution in [1.82, 2.24) is 0 Å². The quantitative estimate of drug-likeness (QED) is 0.377. The molecular weight excluding hydrogens is 339 g/mol. The zero-order chi connectivity index (χ0) is 0. The van der Waals surface area contributed by atoms with Gasteiger partial charge < -0.3 is 0 Å². The Bertz CT molecular complexity index is 5.51. The standard InChI is InChI=1S/4GeH5.2Mg/h4*1H5;;/q4*-1;2*+2. The Morgan fingerprint density at radius 2 is 0.333 bits per heavy atom. The summed E-state index contributed by atoms with van der Waals surface area (Å²) in [6.07, 6.45) is 0. The van der Waals surface area contributed by atoms with Crippen LogP contribution in [-0.4, -0.2) is 116 Å². The van der Waals surface area contributed by atoms with Gasteiger partial charge in [0.05, 0.1) is 0 Å². The van der Waals surface area contributed by atoms with E-state index in [2.05, 4.69) is 0 Å². The van der Waals surface area contributed by atoms with Gasteiger partial charge >= 0.3 is 116 Å². The van der Waals surface area contributed by atoms with Crippen LogP contribution in [-0.2, 0) is 0 Å². The smallest absolute Gasteiger partial charge is 2.00 e. The van der Waals surface area contributed by atoms with E-state index in [-0.39, 0.29) is 116 Å². The largest absolute Gasteiger partial charge is 2.00 e. The Balaban J connectivity index is 0. The first-order valence-electron chi connectivity index (χ1n) is 0. The molecule has 0 spiro atoms. The van der Waals surface area contributed by atoms with E-state index in [0.29, 0.717) is 0 Å². The minimum Gasteiger partial charge on any atom is 2.00 e. The van der Waals surface area contributed by atoms with Gasteiger partial charge in [0.15, 0.2) is 0 Å². The molecule has 0 amide bonds. The summed E-state index contributed by atoms with van der Waals surface area (Å²) >= 11 is 0. The van der Waals surface area contributed by atoms with E-state index in [0.717, 1.165) is 0 Å². The Hall–Kier alpha value is 3.70. The minimum atomic E-state index is 0. The van der Waals surface area contributed by atoms with Crippen molar-refractivity contribution >= 4 is 116 Å². The van der Waals surface area contributed by atoms with Gasteiger partial charge in [-0.25, -0.2) is 0 Å². The van der Waals surface area contributed by atoms with Crippen molar-refractivity contribution in [3.63, 3.8) is 0 Å². The zero-order valence-corrected chi connectivity index (χ0v) is 4.24. The molecule has 40 valence electrons. The summed E-state index contributed by atoms with van der Waals surface area (Å²) in [6, 6.07) is 0. The number of rotatable bonds is 0.